The summed E-state index contributed by atoms with van der Waals surface area (Å²) in [5, 5.41) is 14.9. The van der Waals surface area contributed by atoms with E-state index in [1.165, 1.54) is 41.9 Å². The molecule has 0 bridgehead atoms. The minimum absolute atomic E-state index is 0.0232. The zero-order valence-electron chi connectivity index (χ0n) is 22.9. The molecular formula is C28H31N5O6S3. The van der Waals surface area contributed by atoms with Crippen LogP contribution in [0.2, 0.25) is 0 Å². The second kappa shape index (κ2) is 13.2. The first-order chi connectivity index (χ1) is 20.2. The smallest absolute Gasteiger partial charge is 0.304 e. The fourth-order valence-corrected chi connectivity index (χ4v) is 8.09. The summed E-state index contributed by atoms with van der Waals surface area (Å²) in [6, 6.07) is 9.83. The number of sulfonamides is 1. The molecule has 0 spiro atoms. The SMILES string of the molecule is COc1ccc2nc(NC(=O)[C@@H](CC3CCCC3)c3ccc(S(=O)(=O)N(CCC(=O)O)Cc4nccs4)cc3)sc2n1. The summed E-state index contributed by atoms with van der Waals surface area (Å²) in [6.45, 7) is -0.209. The van der Waals surface area contributed by atoms with E-state index in [-0.39, 0.29) is 30.3 Å². The first kappa shape index (κ1) is 30.0. The number of hydrogen-bond acceptors (Lipinski definition) is 10. The van der Waals surface area contributed by atoms with Crippen molar-refractivity contribution >= 4 is 60.1 Å². The maximum atomic E-state index is 13.6. The van der Waals surface area contributed by atoms with Gasteiger partial charge in [0, 0.05) is 24.2 Å². The number of fused-ring (bicyclic) bond motifs is 1. The average Bonchev–Trinajstić information content (AvgIpc) is 3.76. The Balaban J connectivity index is 1.38. The van der Waals surface area contributed by atoms with Crippen molar-refractivity contribution < 1.29 is 27.9 Å². The Labute approximate surface area is 251 Å². The molecule has 1 saturated carbocycles. The third-order valence-corrected chi connectivity index (χ3v) is 10.8. The summed E-state index contributed by atoms with van der Waals surface area (Å²) in [4.78, 5) is 38.6. The number of pyridine rings is 1. The minimum Gasteiger partial charge on any atom is -0.481 e. The van der Waals surface area contributed by atoms with Crippen LogP contribution in [0.15, 0.2) is 52.9 Å². The Bertz CT molecular complexity index is 1630. The van der Waals surface area contributed by atoms with Crippen LogP contribution in [0.1, 0.15) is 55.0 Å². The van der Waals surface area contributed by atoms with Gasteiger partial charge in [0.25, 0.3) is 0 Å². The van der Waals surface area contributed by atoms with Gasteiger partial charge in [-0.15, -0.1) is 11.3 Å². The number of anilines is 1. The van der Waals surface area contributed by atoms with Gasteiger partial charge in [0.1, 0.15) is 15.4 Å². The number of amides is 1. The van der Waals surface area contributed by atoms with Crippen LogP contribution in [0.3, 0.4) is 0 Å². The fraction of sp³-hybridized carbons (Fsp3) is 0.393. The van der Waals surface area contributed by atoms with Crippen molar-refractivity contribution in [2.45, 2.75) is 55.9 Å². The van der Waals surface area contributed by atoms with Crippen LogP contribution in [0.25, 0.3) is 10.3 Å². The first-order valence-corrected chi connectivity index (χ1v) is 16.7. The van der Waals surface area contributed by atoms with Gasteiger partial charge >= 0.3 is 5.97 Å². The lowest BCUT2D eigenvalue weighted by atomic mass is 9.87. The monoisotopic (exact) mass is 629 g/mol. The first-order valence-electron chi connectivity index (χ1n) is 13.6. The van der Waals surface area contributed by atoms with Crippen molar-refractivity contribution in [2.24, 2.45) is 5.92 Å². The molecule has 0 aliphatic heterocycles. The van der Waals surface area contributed by atoms with Crippen LogP contribution in [0.4, 0.5) is 5.13 Å². The average molecular weight is 630 g/mol. The molecule has 2 N–H and O–H groups in total. The molecule has 3 aromatic heterocycles. The van der Waals surface area contributed by atoms with Gasteiger partial charge < -0.3 is 15.2 Å². The third-order valence-electron chi connectivity index (χ3n) is 7.32. The zero-order chi connectivity index (χ0) is 29.7. The molecule has 3 heterocycles. The molecule has 11 nitrogen and oxygen atoms in total. The molecule has 42 heavy (non-hydrogen) atoms. The topological polar surface area (TPSA) is 152 Å². The number of aliphatic carboxylic acids is 1. The lowest BCUT2D eigenvalue weighted by molar-refractivity contribution is -0.137. The van der Waals surface area contributed by atoms with Crippen molar-refractivity contribution in [3.8, 4) is 5.88 Å². The van der Waals surface area contributed by atoms with Crippen molar-refractivity contribution in [3.63, 3.8) is 0 Å². The summed E-state index contributed by atoms with van der Waals surface area (Å²) in [6.07, 6.45) is 6.25. The van der Waals surface area contributed by atoms with Crippen LogP contribution in [0.5, 0.6) is 5.88 Å². The Kier molecular flexibility index (Phi) is 9.46. The molecule has 14 heteroatoms. The van der Waals surface area contributed by atoms with Gasteiger partial charge in [-0.05, 0) is 36.1 Å². The van der Waals surface area contributed by atoms with Gasteiger partial charge in [-0.2, -0.15) is 4.31 Å². The molecule has 0 unspecified atom stereocenters. The second-order valence-electron chi connectivity index (χ2n) is 10.1. The third kappa shape index (κ3) is 7.12. The predicted molar refractivity (Wildman–Crippen MR) is 160 cm³/mol. The van der Waals surface area contributed by atoms with Crippen LogP contribution in [0, 0.1) is 5.92 Å². The van der Waals surface area contributed by atoms with E-state index < -0.39 is 21.9 Å². The molecule has 1 amide bonds. The number of ether oxygens (including phenoxy) is 1. The van der Waals surface area contributed by atoms with Gasteiger partial charge in [0.2, 0.25) is 21.8 Å². The Hall–Kier alpha value is -3.46. The Morgan fingerprint density at radius 1 is 1.14 bits per heavy atom. The summed E-state index contributed by atoms with van der Waals surface area (Å²) in [7, 11) is -2.48. The molecule has 1 aliphatic carbocycles. The van der Waals surface area contributed by atoms with Crippen molar-refractivity contribution in [1.29, 1.82) is 0 Å². The molecular weight excluding hydrogens is 599 g/mol. The lowest BCUT2D eigenvalue weighted by Crippen LogP contribution is -2.32. The van der Waals surface area contributed by atoms with E-state index in [0.717, 1.165) is 30.0 Å². The summed E-state index contributed by atoms with van der Waals surface area (Å²) in [5.41, 5.74) is 1.36. The molecule has 4 aromatic rings. The molecule has 1 fully saturated rings. The molecule has 1 aliphatic rings. The number of carbonyl (C=O) groups is 2. The van der Waals surface area contributed by atoms with E-state index >= 15 is 0 Å². The lowest BCUT2D eigenvalue weighted by Gasteiger charge is -2.22. The molecule has 0 saturated heterocycles. The summed E-state index contributed by atoms with van der Waals surface area (Å²) in [5.74, 6) is -0.941. The van der Waals surface area contributed by atoms with E-state index in [1.54, 1.807) is 35.8 Å². The zero-order valence-corrected chi connectivity index (χ0v) is 25.4. The van der Waals surface area contributed by atoms with E-state index in [4.69, 9.17) is 4.74 Å². The summed E-state index contributed by atoms with van der Waals surface area (Å²) >= 11 is 2.56. The number of carbonyl (C=O) groups excluding carboxylic acids is 1. The highest BCUT2D eigenvalue weighted by atomic mass is 32.2. The molecule has 1 aromatic carbocycles. The van der Waals surface area contributed by atoms with Gasteiger partial charge in [0.05, 0.1) is 30.9 Å². The van der Waals surface area contributed by atoms with Gasteiger partial charge in [-0.1, -0.05) is 49.2 Å². The van der Waals surface area contributed by atoms with E-state index in [2.05, 4.69) is 20.3 Å². The summed E-state index contributed by atoms with van der Waals surface area (Å²) < 4.78 is 33.4. The second-order valence-corrected chi connectivity index (χ2v) is 14.0. The number of nitrogens with zero attached hydrogens (tertiary/aromatic N) is 4. The van der Waals surface area contributed by atoms with E-state index in [1.807, 2.05) is 0 Å². The molecule has 5 rings (SSSR count). The van der Waals surface area contributed by atoms with Crippen molar-refractivity contribution in [2.75, 3.05) is 19.0 Å². The van der Waals surface area contributed by atoms with Crippen LogP contribution in [-0.2, 0) is 26.2 Å². The van der Waals surface area contributed by atoms with Gasteiger partial charge in [0.15, 0.2) is 5.13 Å². The van der Waals surface area contributed by atoms with E-state index in [0.29, 0.717) is 44.3 Å². The highest BCUT2D eigenvalue weighted by molar-refractivity contribution is 7.89. The number of carboxylic acid groups (broad SMARTS) is 1. The number of benzene rings is 1. The predicted octanol–water partition coefficient (Wildman–Crippen LogP) is 5.12. The number of nitrogens with one attached hydrogen (secondary N) is 1. The van der Waals surface area contributed by atoms with Crippen molar-refractivity contribution in [3.05, 3.63) is 58.5 Å². The van der Waals surface area contributed by atoms with E-state index in [9.17, 15) is 23.1 Å². The number of thiazole rings is 2. The van der Waals surface area contributed by atoms with Crippen molar-refractivity contribution in [1.82, 2.24) is 19.3 Å². The van der Waals surface area contributed by atoms with Crippen LogP contribution >= 0.6 is 22.7 Å². The number of aromatic nitrogens is 3. The highest BCUT2D eigenvalue weighted by Crippen LogP contribution is 2.36. The molecule has 1 atom stereocenters. The quantitative estimate of drug-likeness (QED) is 0.205. The maximum absolute atomic E-state index is 13.6. The van der Waals surface area contributed by atoms with Crippen LogP contribution in [-0.4, -0.2) is 58.3 Å². The molecule has 0 radical (unpaired) electrons. The Morgan fingerprint density at radius 2 is 1.90 bits per heavy atom. The largest absolute Gasteiger partial charge is 0.481 e. The van der Waals surface area contributed by atoms with Gasteiger partial charge in [-0.3, -0.25) is 9.59 Å². The minimum atomic E-state index is -4.02. The number of carboxylic acids is 1. The van der Waals surface area contributed by atoms with Crippen LogP contribution < -0.4 is 10.1 Å². The number of rotatable bonds is 13. The highest BCUT2D eigenvalue weighted by Gasteiger charge is 2.30. The fourth-order valence-electron chi connectivity index (χ4n) is 5.14. The Morgan fingerprint density at radius 3 is 2.57 bits per heavy atom. The number of hydrogen-bond donors (Lipinski definition) is 2. The maximum Gasteiger partial charge on any atom is 0.304 e. The molecule has 222 valence electrons. The standard InChI is InChI=1S/C28H31N5O6S3/c1-39-23-11-10-22-27(31-23)41-28(30-22)32-26(36)21(16-18-4-2-3-5-18)19-6-8-20(9-7-19)42(37,38)33(14-12-25(34)35)17-24-29-13-15-40-24/h6-11,13,15,18,21H,2-5,12,14,16-17H2,1H3,(H,34,35)(H,30,32,36)/t21-/m0/s1. The normalized spacial score (nSPS) is 14.8. The van der Waals surface area contributed by atoms with Gasteiger partial charge in [-0.25, -0.2) is 23.4 Å². The number of methoxy groups -OCH3 is 1.